The highest BCUT2D eigenvalue weighted by Gasteiger charge is 2.26. The van der Waals surface area contributed by atoms with E-state index in [0.29, 0.717) is 60.1 Å². The molecule has 2 amide bonds. The van der Waals surface area contributed by atoms with E-state index in [9.17, 15) is 14.7 Å². The Kier molecular flexibility index (Phi) is 7.00. The number of carboxylic acids is 1. The number of carbonyl (C=O) groups excluding carboxylic acids is 1. The van der Waals surface area contributed by atoms with E-state index in [-0.39, 0.29) is 23.9 Å². The van der Waals surface area contributed by atoms with Gasteiger partial charge < -0.3 is 30.1 Å². The van der Waals surface area contributed by atoms with Crippen molar-refractivity contribution in [1.29, 1.82) is 0 Å². The maximum absolute atomic E-state index is 12.6. The zero-order chi connectivity index (χ0) is 26.6. The van der Waals surface area contributed by atoms with Crippen LogP contribution in [0.15, 0.2) is 36.4 Å². The number of benzene rings is 2. The van der Waals surface area contributed by atoms with Crippen molar-refractivity contribution in [2.24, 2.45) is 0 Å². The lowest BCUT2D eigenvalue weighted by molar-refractivity contribution is 0.0685. The molecule has 0 unspecified atom stereocenters. The zero-order valence-electron chi connectivity index (χ0n) is 20.8. The van der Waals surface area contributed by atoms with E-state index in [2.05, 4.69) is 36.0 Å². The van der Waals surface area contributed by atoms with Gasteiger partial charge in [-0.05, 0) is 50.2 Å². The van der Waals surface area contributed by atoms with Gasteiger partial charge in [0.15, 0.2) is 23.1 Å². The van der Waals surface area contributed by atoms with Crippen molar-refractivity contribution in [3.8, 4) is 17.1 Å². The van der Waals surface area contributed by atoms with Gasteiger partial charge in [-0.3, -0.25) is 0 Å². The number of aromatic carboxylic acids is 1. The van der Waals surface area contributed by atoms with Crippen LogP contribution in [0.25, 0.3) is 22.4 Å². The third-order valence-corrected chi connectivity index (χ3v) is 6.04. The Morgan fingerprint density at radius 2 is 1.84 bits per heavy atom. The van der Waals surface area contributed by atoms with Gasteiger partial charge in [0.2, 0.25) is 0 Å². The number of anilines is 3. The van der Waals surface area contributed by atoms with Crippen LogP contribution in [0, 0.1) is 6.92 Å². The lowest BCUT2D eigenvalue weighted by atomic mass is 10.1. The predicted octanol–water partition coefficient (Wildman–Crippen LogP) is 3.30. The second kappa shape index (κ2) is 10.7. The van der Waals surface area contributed by atoms with Crippen molar-refractivity contribution in [2.45, 2.75) is 13.8 Å². The molecule has 3 heterocycles. The number of aromatic nitrogens is 5. The number of amides is 2. The van der Waals surface area contributed by atoms with Crippen molar-refractivity contribution >= 4 is 40.2 Å². The quantitative estimate of drug-likeness (QED) is 0.285. The van der Waals surface area contributed by atoms with Gasteiger partial charge in [0.1, 0.15) is 11.0 Å². The van der Waals surface area contributed by atoms with Gasteiger partial charge in [0.25, 0.3) is 0 Å². The molecule has 0 radical (unpaired) electrons. The Bertz CT molecular complexity index is 1480. The number of ether oxygens (including phenoxy) is 2. The van der Waals surface area contributed by atoms with E-state index in [1.54, 1.807) is 43.3 Å². The maximum atomic E-state index is 12.6. The number of carbonyl (C=O) groups is 2. The highest BCUT2D eigenvalue weighted by molar-refractivity contribution is 6.01. The Hall–Kier alpha value is -4.78. The second-order valence-electron chi connectivity index (χ2n) is 8.47. The van der Waals surface area contributed by atoms with Gasteiger partial charge >= 0.3 is 12.0 Å². The molecule has 13 heteroatoms. The summed E-state index contributed by atoms with van der Waals surface area (Å²) in [5, 5.41) is 26.2. The highest BCUT2D eigenvalue weighted by Crippen LogP contribution is 2.33. The van der Waals surface area contributed by atoms with Crippen LogP contribution in [0.1, 0.15) is 23.0 Å². The van der Waals surface area contributed by atoms with Gasteiger partial charge in [0, 0.05) is 35.6 Å². The number of H-pyrrole nitrogens is 1. The molecule has 0 bridgehead atoms. The molecule has 5 rings (SSSR count). The first-order chi connectivity index (χ1) is 18.4. The van der Waals surface area contributed by atoms with Gasteiger partial charge in [-0.2, -0.15) is 15.4 Å². The fourth-order valence-corrected chi connectivity index (χ4v) is 4.15. The molecule has 1 saturated heterocycles. The number of fused-ring (bicyclic) bond motifs is 1. The van der Waals surface area contributed by atoms with Gasteiger partial charge in [0.05, 0.1) is 19.8 Å². The number of hydrogen-bond acceptors (Lipinski definition) is 9. The van der Waals surface area contributed by atoms with E-state index in [1.165, 1.54) is 0 Å². The van der Waals surface area contributed by atoms with E-state index >= 15 is 0 Å². The number of nitrogens with zero attached hydrogens (tertiary/aromatic N) is 5. The molecular weight excluding hydrogens is 492 g/mol. The van der Waals surface area contributed by atoms with Crippen LogP contribution in [0.3, 0.4) is 0 Å². The van der Waals surface area contributed by atoms with Crippen LogP contribution in [-0.4, -0.2) is 75.4 Å². The van der Waals surface area contributed by atoms with Crippen LogP contribution in [-0.2, 0) is 4.74 Å². The fraction of sp³-hybridized carbons (Fsp3) is 0.280. The predicted molar refractivity (Wildman–Crippen MR) is 140 cm³/mol. The summed E-state index contributed by atoms with van der Waals surface area (Å²) >= 11 is 0. The van der Waals surface area contributed by atoms with Gasteiger partial charge in [-0.15, -0.1) is 0 Å². The molecule has 2 aromatic carbocycles. The summed E-state index contributed by atoms with van der Waals surface area (Å²) in [5.41, 5.74) is 3.70. The summed E-state index contributed by atoms with van der Waals surface area (Å²) in [4.78, 5) is 35.5. The van der Waals surface area contributed by atoms with Crippen LogP contribution >= 0.6 is 0 Å². The van der Waals surface area contributed by atoms with Crippen LogP contribution in [0.2, 0.25) is 0 Å². The SMILES string of the molecule is CCOc1c(C(=O)O)nc(-c2ccc(NC(=O)Nc3ccc4n[nH]nc4c3C)cc2)nc1N1CCOCC1. The molecule has 196 valence electrons. The molecule has 0 spiro atoms. The van der Waals surface area contributed by atoms with Crippen LogP contribution < -0.4 is 20.3 Å². The number of aromatic amines is 1. The molecule has 38 heavy (non-hydrogen) atoms. The van der Waals surface area contributed by atoms with E-state index < -0.39 is 12.0 Å². The third-order valence-electron chi connectivity index (χ3n) is 6.04. The molecule has 4 aromatic rings. The summed E-state index contributed by atoms with van der Waals surface area (Å²) in [7, 11) is 0. The number of morpholine rings is 1. The molecule has 13 nitrogen and oxygen atoms in total. The molecule has 1 fully saturated rings. The smallest absolute Gasteiger partial charge is 0.358 e. The minimum absolute atomic E-state index is 0.139. The zero-order valence-corrected chi connectivity index (χ0v) is 20.8. The van der Waals surface area contributed by atoms with Crippen LogP contribution in [0.4, 0.5) is 22.0 Å². The summed E-state index contributed by atoms with van der Waals surface area (Å²) in [6.45, 7) is 6.01. The molecule has 0 saturated carbocycles. The monoisotopic (exact) mass is 518 g/mol. The number of urea groups is 1. The molecule has 2 aromatic heterocycles. The summed E-state index contributed by atoms with van der Waals surface area (Å²) in [6.07, 6.45) is 0. The van der Waals surface area contributed by atoms with E-state index in [0.717, 1.165) is 5.56 Å². The van der Waals surface area contributed by atoms with Crippen LogP contribution in [0.5, 0.6) is 5.75 Å². The Balaban J connectivity index is 1.37. The fourth-order valence-electron chi connectivity index (χ4n) is 4.15. The average molecular weight is 519 g/mol. The minimum atomic E-state index is -1.21. The lowest BCUT2D eigenvalue weighted by Crippen LogP contribution is -2.37. The molecular formula is C25H26N8O5. The Labute approximate surface area is 217 Å². The second-order valence-corrected chi connectivity index (χ2v) is 8.47. The summed E-state index contributed by atoms with van der Waals surface area (Å²) in [6, 6.07) is 9.92. The van der Waals surface area contributed by atoms with Crippen molar-refractivity contribution in [3.63, 3.8) is 0 Å². The number of rotatable bonds is 7. The highest BCUT2D eigenvalue weighted by atomic mass is 16.5. The topological polar surface area (TPSA) is 167 Å². The molecule has 1 aliphatic heterocycles. The third kappa shape index (κ3) is 5.04. The Morgan fingerprint density at radius 3 is 2.55 bits per heavy atom. The molecule has 0 aliphatic carbocycles. The van der Waals surface area contributed by atoms with Crippen molar-refractivity contribution in [1.82, 2.24) is 25.4 Å². The van der Waals surface area contributed by atoms with Crippen molar-refractivity contribution in [3.05, 3.63) is 47.7 Å². The minimum Gasteiger partial charge on any atom is -0.488 e. The van der Waals surface area contributed by atoms with Gasteiger partial charge in [-0.25, -0.2) is 19.6 Å². The maximum Gasteiger partial charge on any atom is 0.358 e. The molecule has 1 aliphatic rings. The summed E-state index contributed by atoms with van der Waals surface area (Å²) in [5.74, 6) is -0.418. The number of hydrogen-bond donors (Lipinski definition) is 4. The number of nitrogens with one attached hydrogen (secondary N) is 3. The molecule has 4 N–H and O–H groups in total. The first-order valence-electron chi connectivity index (χ1n) is 12.0. The van der Waals surface area contributed by atoms with Crippen molar-refractivity contribution < 1.29 is 24.2 Å². The summed E-state index contributed by atoms with van der Waals surface area (Å²) < 4.78 is 11.1. The molecule has 0 atom stereocenters. The first kappa shape index (κ1) is 24.9. The number of aryl methyl sites for hydroxylation is 1. The number of carboxylic acid groups (broad SMARTS) is 1. The van der Waals surface area contributed by atoms with Crippen molar-refractivity contribution in [2.75, 3.05) is 48.4 Å². The lowest BCUT2D eigenvalue weighted by Gasteiger charge is -2.29. The first-order valence-corrected chi connectivity index (χ1v) is 12.0. The van der Waals surface area contributed by atoms with E-state index in [4.69, 9.17) is 9.47 Å². The normalized spacial score (nSPS) is 13.4. The van der Waals surface area contributed by atoms with E-state index in [1.807, 2.05) is 11.8 Å². The largest absolute Gasteiger partial charge is 0.488 e. The standard InChI is InChI=1S/C25H26N8O5/c1-3-38-21-20(24(34)35)28-22(29-23(21)33-10-12-37-13-11-33)15-4-6-16(7-5-15)26-25(36)27-17-8-9-18-19(14(17)2)31-32-30-18/h4-9H,3,10-13H2,1-2H3,(H,34,35)(H2,26,27,36)(H,30,31,32). The Morgan fingerprint density at radius 1 is 1.08 bits per heavy atom. The van der Waals surface area contributed by atoms with Gasteiger partial charge in [-0.1, -0.05) is 0 Å². The average Bonchev–Trinajstić information content (AvgIpc) is 3.41.